The maximum Gasteiger partial charge on any atom is 0.328 e. The highest BCUT2D eigenvalue weighted by Crippen LogP contribution is 2.36. The van der Waals surface area contributed by atoms with E-state index in [0.29, 0.717) is 19.0 Å². The molecule has 0 aliphatic carbocycles. The molecule has 0 aromatic heterocycles. The van der Waals surface area contributed by atoms with E-state index < -0.39 is 20.7 Å². The molecule has 0 bridgehead atoms. The molecule has 6 nitrogen and oxygen atoms in total. The first-order valence-corrected chi connectivity index (χ1v) is 10.6. The number of ether oxygens (including phenoxy) is 2. The van der Waals surface area contributed by atoms with Crippen LogP contribution >= 0.6 is 0 Å². The molecule has 26 heavy (non-hydrogen) atoms. The summed E-state index contributed by atoms with van der Waals surface area (Å²) < 4.78 is 36.8. The topological polar surface area (TPSA) is 72.9 Å². The number of piperidine rings is 1. The van der Waals surface area contributed by atoms with Gasteiger partial charge in [0.15, 0.2) is 4.75 Å². The number of hydrogen-bond donors (Lipinski definition) is 0. The summed E-state index contributed by atoms with van der Waals surface area (Å²) in [6.45, 7) is 1.44. The van der Waals surface area contributed by atoms with Crippen LogP contribution in [-0.4, -0.2) is 56.9 Å². The van der Waals surface area contributed by atoms with Crippen molar-refractivity contribution in [2.24, 2.45) is 5.92 Å². The number of sulfonamides is 1. The second-order valence-electron chi connectivity index (χ2n) is 7.14. The van der Waals surface area contributed by atoms with Crippen LogP contribution in [0.1, 0.15) is 31.2 Å². The summed E-state index contributed by atoms with van der Waals surface area (Å²) in [6, 6.07) is 10.3. The fourth-order valence-electron chi connectivity index (χ4n) is 4.00. The third kappa shape index (κ3) is 3.66. The lowest BCUT2D eigenvalue weighted by molar-refractivity contribution is -0.146. The van der Waals surface area contributed by atoms with Gasteiger partial charge in [0, 0.05) is 39.1 Å². The van der Waals surface area contributed by atoms with Crippen molar-refractivity contribution in [2.45, 2.75) is 36.9 Å². The molecular formula is C19H27NO5S. The monoisotopic (exact) mass is 381 g/mol. The van der Waals surface area contributed by atoms with Gasteiger partial charge in [-0.3, -0.25) is 4.79 Å². The zero-order valence-corrected chi connectivity index (χ0v) is 16.0. The minimum absolute atomic E-state index is 0.159. The lowest BCUT2D eigenvalue weighted by Crippen LogP contribution is -2.58. The summed E-state index contributed by atoms with van der Waals surface area (Å²) >= 11 is 0. The van der Waals surface area contributed by atoms with Crippen LogP contribution in [0.2, 0.25) is 0 Å². The van der Waals surface area contributed by atoms with E-state index in [1.165, 1.54) is 17.0 Å². The van der Waals surface area contributed by atoms with Gasteiger partial charge in [0.1, 0.15) is 0 Å². The quantitative estimate of drug-likeness (QED) is 0.730. The molecule has 0 unspecified atom stereocenters. The van der Waals surface area contributed by atoms with Crippen LogP contribution in [0.15, 0.2) is 30.3 Å². The molecule has 2 fully saturated rings. The van der Waals surface area contributed by atoms with Crippen molar-refractivity contribution in [3.05, 3.63) is 35.9 Å². The number of carbonyl (C=O) groups excluding carboxylic acids is 1. The van der Waals surface area contributed by atoms with Crippen molar-refractivity contribution in [3.8, 4) is 0 Å². The largest absolute Gasteiger partial charge is 0.468 e. The molecule has 0 N–H and O–H groups in total. The molecule has 1 aromatic rings. The zero-order chi connectivity index (χ0) is 18.6. The summed E-state index contributed by atoms with van der Waals surface area (Å²) in [4.78, 5) is 12.4. The van der Waals surface area contributed by atoms with Crippen molar-refractivity contribution in [2.75, 3.05) is 33.4 Å². The lowest BCUT2D eigenvalue weighted by atomic mass is 9.91. The predicted molar refractivity (Wildman–Crippen MR) is 98.2 cm³/mol. The molecule has 0 amide bonds. The van der Waals surface area contributed by atoms with E-state index in [2.05, 4.69) is 12.1 Å². The van der Waals surface area contributed by atoms with Gasteiger partial charge in [0.25, 0.3) is 0 Å². The van der Waals surface area contributed by atoms with Crippen molar-refractivity contribution in [3.63, 3.8) is 0 Å². The minimum atomic E-state index is -3.78. The number of hydrogen-bond acceptors (Lipinski definition) is 5. The number of nitrogens with zero attached hydrogens (tertiary/aromatic N) is 1. The molecule has 0 saturated carbocycles. The van der Waals surface area contributed by atoms with Crippen LogP contribution in [0.4, 0.5) is 0 Å². The van der Waals surface area contributed by atoms with E-state index >= 15 is 0 Å². The first-order valence-electron chi connectivity index (χ1n) is 9.19. The van der Waals surface area contributed by atoms with E-state index in [1.807, 2.05) is 18.2 Å². The molecular weight excluding hydrogens is 354 g/mol. The molecule has 144 valence electrons. The normalized spacial score (nSPS) is 22.0. The Labute approximate surface area is 155 Å². The molecule has 0 spiro atoms. The van der Waals surface area contributed by atoms with E-state index in [-0.39, 0.29) is 26.1 Å². The highest BCUT2D eigenvalue weighted by atomic mass is 32.2. The summed E-state index contributed by atoms with van der Waals surface area (Å²) in [5, 5.41) is 0. The average Bonchev–Trinajstić information content (AvgIpc) is 2.69. The van der Waals surface area contributed by atoms with Crippen molar-refractivity contribution in [1.82, 2.24) is 4.31 Å². The zero-order valence-electron chi connectivity index (χ0n) is 15.2. The maximum atomic E-state index is 13.3. The molecule has 1 aromatic carbocycles. The van der Waals surface area contributed by atoms with Crippen LogP contribution in [0.25, 0.3) is 0 Å². The molecule has 0 radical (unpaired) electrons. The van der Waals surface area contributed by atoms with Crippen LogP contribution in [0.5, 0.6) is 0 Å². The molecule has 0 atom stereocenters. The number of rotatable bonds is 5. The molecule has 2 saturated heterocycles. The van der Waals surface area contributed by atoms with E-state index in [4.69, 9.17) is 9.47 Å². The average molecular weight is 381 g/mol. The van der Waals surface area contributed by atoms with Gasteiger partial charge in [-0.05, 0) is 30.7 Å². The van der Waals surface area contributed by atoms with E-state index in [9.17, 15) is 13.2 Å². The highest BCUT2D eigenvalue weighted by molar-refractivity contribution is 7.91. The Morgan fingerprint density at radius 3 is 2.38 bits per heavy atom. The minimum Gasteiger partial charge on any atom is -0.468 e. The second kappa shape index (κ2) is 8.06. The number of methoxy groups -OCH3 is 1. The molecule has 2 aliphatic rings. The molecule has 7 heteroatoms. The number of esters is 1. The SMILES string of the molecule is COC(=O)C1(S(=O)(=O)N2CCC(Cc3ccccc3)CC2)CCOCC1. The van der Waals surface area contributed by atoms with Gasteiger partial charge in [0.2, 0.25) is 10.0 Å². The fraction of sp³-hybridized carbons (Fsp3) is 0.632. The van der Waals surface area contributed by atoms with Crippen LogP contribution in [0, 0.1) is 5.92 Å². The molecule has 2 aliphatic heterocycles. The Morgan fingerprint density at radius 1 is 1.19 bits per heavy atom. The van der Waals surface area contributed by atoms with E-state index in [0.717, 1.165) is 19.3 Å². The summed E-state index contributed by atoms with van der Waals surface area (Å²) in [5.74, 6) is -0.195. The van der Waals surface area contributed by atoms with Gasteiger partial charge in [-0.1, -0.05) is 30.3 Å². The van der Waals surface area contributed by atoms with Gasteiger partial charge in [-0.2, -0.15) is 0 Å². The predicted octanol–water partition coefficient (Wildman–Crippen LogP) is 1.99. The van der Waals surface area contributed by atoms with Crippen LogP contribution in [-0.2, 0) is 30.7 Å². The van der Waals surface area contributed by atoms with Crippen molar-refractivity contribution >= 4 is 16.0 Å². The van der Waals surface area contributed by atoms with Gasteiger partial charge in [-0.25, -0.2) is 12.7 Å². The number of benzene rings is 1. The Hall–Kier alpha value is -1.44. The van der Waals surface area contributed by atoms with Crippen LogP contribution in [0.3, 0.4) is 0 Å². The fourth-order valence-corrected chi connectivity index (χ4v) is 6.17. The van der Waals surface area contributed by atoms with Gasteiger partial charge in [0.05, 0.1) is 7.11 Å². The Balaban J connectivity index is 1.69. The third-order valence-corrected chi connectivity index (χ3v) is 8.24. The summed E-state index contributed by atoms with van der Waals surface area (Å²) in [7, 11) is -2.52. The maximum absolute atomic E-state index is 13.3. The summed E-state index contributed by atoms with van der Waals surface area (Å²) in [6.07, 6.45) is 2.90. The second-order valence-corrected chi connectivity index (χ2v) is 9.38. The Kier molecular flexibility index (Phi) is 5.99. The smallest absolute Gasteiger partial charge is 0.328 e. The number of carbonyl (C=O) groups is 1. The summed E-state index contributed by atoms with van der Waals surface area (Å²) in [5.41, 5.74) is 1.28. The third-order valence-electron chi connectivity index (χ3n) is 5.63. The molecule has 3 rings (SSSR count). The first kappa shape index (κ1) is 19.3. The standard InChI is InChI=1S/C19H27NO5S/c1-24-18(21)19(9-13-25-14-10-19)26(22,23)20-11-7-17(8-12-20)15-16-5-3-2-4-6-16/h2-6,17H,7-15H2,1H3. The first-order chi connectivity index (χ1) is 12.5. The van der Waals surface area contributed by atoms with Gasteiger partial charge in [-0.15, -0.1) is 0 Å². The Morgan fingerprint density at radius 2 is 1.81 bits per heavy atom. The lowest BCUT2D eigenvalue weighted by Gasteiger charge is -2.40. The highest BCUT2D eigenvalue weighted by Gasteiger charge is 2.55. The van der Waals surface area contributed by atoms with Gasteiger partial charge < -0.3 is 9.47 Å². The van der Waals surface area contributed by atoms with Crippen LogP contribution < -0.4 is 0 Å². The Bertz CT molecular complexity index is 705. The van der Waals surface area contributed by atoms with E-state index in [1.54, 1.807) is 0 Å². The molecule has 2 heterocycles. The van der Waals surface area contributed by atoms with Gasteiger partial charge >= 0.3 is 5.97 Å². The van der Waals surface area contributed by atoms with Crippen molar-refractivity contribution in [1.29, 1.82) is 0 Å². The van der Waals surface area contributed by atoms with Crippen molar-refractivity contribution < 1.29 is 22.7 Å².